The summed E-state index contributed by atoms with van der Waals surface area (Å²) in [6.07, 6.45) is 3.80. The predicted octanol–water partition coefficient (Wildman–Crippen LogP) is 4.33. The summed E-state index contributed by atoms with van der Waals surface area (Å²) in [6, 6.07) is 5.74. The van der Waals surface area contributed by atoms with Crippen molar-refractivity contribution in [3.8, 4) is 0 Å². The van der Waals surface area contributed by atoms with Gasteiger partial charge in [0.25, 0.3) is 0 Å². The first-order valence-corrected chi connectivity index (χ1v) is 7.05. The topological polar surface area (TPSA) is 12.0 Å². The van der Waals surface area contributed by atoms with Crippen molar-refractivity contribution in [3.63, 3.8) is 0 Å². The molecule has 3 atom stereocenters. The lowest BCUT2D eigenvalue weighted by Crippen LogP contribution is -2.49. The van der Waals surface area contributed by atoms with E-state index >= 15 is 0 Å². The van der Waals surface area contributed by atoms with Crippen LogP contribution >= 0.6 is 0 Å². The quantitative estimate of drug-likeness (QED) is 0.719. The van der Waals surface area contributed by atoms with Crippen LogP contribution in [-0.2, 0) is 5.41 Å². The molecule has 1 aromatic rings. The first-order valence-electron chi connectivity index (χ1n) is 7.05. The van der Waals surface area contributed by atoms with Crippen molar-refractivity contribution >= 4 is 5.69 Å². The van der Waals surface area contributed by atoms with Crippen molar-refractivity contribution in [2.75, 3.05) is 5.32 Å². The maximum absolute atomic E-state index is 13.5. The smallest absolute Gasteiger partial charge is 0.123 e. The molecule has 1 aromatic carbocycles. The fourth-order valence-electron chi connectivity index (χ4n) is 3.98. The van der Waals surface area contributed by atoms with Gasteiger partial charge in [-0.3, -0.25) is 0 Å². The van der Waals surface area contributed by atoms with E-state index in [1.165, 1.54) is 19.3 Å². The molecule has 1 heterocycles. The third-order valence-electron chi connectivity index (χ3n) is 5.06. The highest BCUT2D eigenvalue weighted by Gasteiger charge is 2.44. The Morgan fingerprint density at radius 1 is 1.28 bits per heavy atom. The minimum atomic E-state index is -0.119. The number of halogens is 1. The van der Waals surface area contributed by atoms with E-state index in [0.29, 0.717) is 12.0 Å². The molecule has 1 fully saturated rings. The molecule has 1 nitrogen and oxygen atoms in total. The van der Waals surface area contributed by atoms with Gasteiger partial charge >= 0.3 is 0 Å². The van der Waals surface area contributed by atoms with Gasteiger partial charge in [-0.15, -0.1) is 0 Å². The van der Waals surface area contributed by atoms with E-state index in [4.69, 9.17) is 0 Å². The number of hydrogen-bond acceptors (Lipinski definition) is 1. The summed E-state index contributed by atoms with van der Waals surface area (Å²) in [5.74, 6) is 1.31. The molecule has 1 N–H and O–H groups in total. The van der Waals surface area contributed by atoms with Gasteiger partial charge in [0.1, 0.15) is 5.82 Å². The van der Waals surface area contributed by atoms with Gasteiger partial charge in [0.15, 0.2) is 0 Å². The Kier molecular flexibility index (Phi) is 2.65. The molecule has 0 amide bonds. The summed E-state index contributed by atoms with van der Waals surface area (Å²) >= 11 is 0. The SMILES string of the molecule is C[C@@H]1CC[C@@H]2[C@@H](C1)Nc1ccc(F)cc1C2(C)C. The van der Waals surface area contributed by atoms with E-state index in [-0.39, 0.29) is 11.2 Å². The summed E-state index contributed by atoms with van der Waals surface area (Å²) in [5.41, 5.74) is 2.36. The number of nitrogens with one attached hydrogen (secondary N) is 1. The molecular weight excluding hydrogens is 225 g/mol. The summed E-state index contributed by atoms with van der Waals surface area (Å²) in [7, 11) is 0. The van der Waals surface area contributed by atoms with E-state index in [1.807, 2.05) is 6.07 Å². The van der Waals surface area contributed by atoms with E-state index in [2.05, 4.69) is 26.1 Å². The van der Waals surface area contributed by atoms with Crippen molar-refractivity contribution in [3.05, 3.63) is 29.6 Å². The lowest BCUT2D eigenvalue weighted by molar-refractivity contribution is 0.173. The maximum atomic E-state index is 13.5. The van der Waals surface area contributed by atoms with Gasteiger partial charge in [-0.1, -0.05) is 27.2 Å². The van der Waals surface area contributed by atoms with Gasteiger partial charge in [0.2, 0.25) is 0 Å². The monoisotopic (exact) mass is 247 g/mol. The molecule has 1 aliphatic carbocycles. The minimum absolute atomic E-state index is 0.0769. The maximum Gasteiger partial charge on any atom is 0.123 e. The predicted molar refractivity (Wildman–Crippen MR) is 73.3 cm³/mol. The molecule has 98 valence electrons. The normalized spacial score (nSPS) is 33.2. The largest absolute Gasteiger partial charge is 0.382 e. The van der Waals surface area contributed by atoms with Crippen LogP contribution in [0.5, 0.6) is 0 Å². The van der Waals surface area contributed by atoms with E-state index in [9.17, 15) is 4.39 Å². The van der Waals surface area contributed by atoms with Gasteiger partial charge in [-0.05, 0) is 53.9 Å². The molecule has 18 heavy (non-hydrogen) atoms. The second kappa shape index (κ2) is 3.97. The summed E-state index contributed by atoms with van der Waals surface area (Å²) in [4.78, 5) is 0. The lowest BCUT2D eigenvalue weighted by atomic mass is 9.61. The zero-order valence-electron chi connectivity index (χ0n) is 11.5. The highest BCUT2D eigenvalue weighted by Crippen LogP contribution is 2.49. The Labute approximate surface area is 109 Å². The van der Waals surface area contributed by atoms with Gasteiger partial charge < -0.3 is 5.32 Å². The highest BCUT2D eigenvalue weighted by atomic mass is 19.1. The molecule has 0 saturated heterocycles. The Hall–Kier alpha value is -1.05. The van der Waals surface area contributed by atoms with Crippen molar-refractivity contribution in [2.45, 2.75) is 51.5 Å². The second-order valence-electron chi connectivity index (χ2n) is 6.69. The zero-order chi connectivity index (χ0) is 12.9. The van der Waals surface area contributed by atoms with Crippen LogP contribution in [-0.4, -0.2) is 6.04 Å². The Balaban J connectivity index is 2.04. The minimum Gasteiger partial charge on any atom is -0.382 e. The van der Waals surface area contributed by atoms with E-state index in [0.717, 1.165) is 17.2 Å². The number of benzene rings is 1. The van der Waals surface area contributed by atoms with Crippen LogP contribution in [0.15, 0.2) is 18.2 Å². The second-order valence-corrected chi connectivity index (χ2v) is 6.69. The number of fused-ring (bicyclic) bond motifs is 2. The van der Waals surface area contributed by atoms with Gasteiger partial charge in [-0.2, -0.15) is 0 Å². The molecule has 1 aliphatic heterocycles. The van der Waals surface area contributed by atoms with Crippen molar-refractivity contribution in [1.82, 2.24) is 0 Å². The molecule has 0 bridgehead atoms. The first-order chi connectivity index (χ1) is 8.48. The molecule has 0 aromatic heterocycles. The standard InChI is InChI=1S/C16H22FN/c1-10-4-6-12-15(8-10)18-14-7-5-11(17)9-13(14)16(12,2)3/h5,7,9-10,12,15,18H,4,6,8H2,1-3H3/t10-,12-,15-/m1/s1. The van der Waals surface area contributed by atoms with Gasteiger partial charge in [0.05, 0.1) is 0 Å². The van der Waals surface area contributed by atoms with E-state index < -0.39 is 0 Å². The van der Waals surface area contributed by atoms with Crippen LogP contribution in [0.25, 0.3) is 0 Å². The van der Waals surface area contributed by atoms with E-state index in [1.54, 1.807) is 12.1 Å². The molecule has 0 unspecified atom stereocenters. The van der Waals surface area contributed by atoms with Crippen LogP contribution in [0.3, 0.4) is 0 Å². The average Bonchev–Trinajstić information content (AvgIpc) is 2.30. The number of anilines is 1. The van der Waals surface area contributed by atoms with Crippen LogP contribution in [0.2, 0.25) is 0 Å². The van der Waals surface area contributed by atoms with Crippen molar-refractivity contribution in [1.29, 1.82) is 0 Å². The Bertz CT molecular complexity index is 466. The number of rotatable bonds is 0. The lowest BCUT2D eigenvalue weighted by Gasteiger charge is -2.49. The summed E-state index contributed by atoms with van der Waals surface area (Å²) in [5, 5.41) is 3.65. The summed E-state index contributed by atoms with van der Waals surface area (Å²) < 4.78 is 13.5. The van der Waals surface area contributed by atoms with Crippen molar-refractivity contribution in [2.24, 2.45) is 11.8 Å². The highest BCUT2D eigenvalue weighted by molar-refractivity contribution is 5.58. The zero-order valence-corrected chi connectivity index (χ0v) is 11.5. The fraction of sp³-hybridized carbons (Fsp3) is 0.625. The van der Waals surface area contributed by atoms with Gasteiger partial charge in [-0.25, -0.2) is 4.39 Å². The third-order valence-corrected chi connectivity index (χ3v) is 5.06. The molecule has 2 heteroatoms. The Morgan fingerprint density at radius 2 is 2.06 bits per heavy atom. The van der Waals surface area contributed by atoms with Crippen LogP contribution in [0.4, 0.5) is 10.1 Å². The fourth-order valence-corrected chi connectivity index (χ4v) is 3.98. The number of hydrogen-bond donors (Lipinski definition) is 1. The Morgan fingerprint density at radius 3 is 2.83 bits per heavy atom. The molecule has 2 aliphatic rings. The molecular formula is C16H22FN. The van der Waals surface area contributed by atoms with Crippen molar-refractivity contribution < 1.29 is 4.39 Å². The average molecular weight is 247 g/mol. The molecule has 3 rings (SSSR count). The summed E-state index contributed by atoms with van der Waals surface area (Å²) in [6.45, 7) is 6.89. The van der Waals surface area contributed by atoms with Crippen LogP contribution in [0.1, 0.15) is 45.6 Å². The third kappa shape index (κ3) is 1.73. The van der Waals surface area contributed by atoms with Crippen LogP contribution < -0.4 is 5.32 Å². The van der Waals surface area contributed by atoms with Gasteiger partial charge in [0, 0.05) is 11.7 Å². The van der Waals surface area contributed by atoms with Crippen LogP contribution in [0, 0.1) is 17.7 Å². The first kappa shape index (κ1) is 12.0. The molecule has 0 spiro atoms. The molecule has 0 radical (unpaired) electrons. The molecule has 1 saturated carbocycles.